The van der Waals surface area contributed by atoms with Gasteiger partial charge >= 0.3 is 0 Å². The van der Waals surface area contributed by atoms with Crippen LogP contribution in [0.1, 0.15) is 22.3 Å². The van der Waals surface area contributed by atoms with Crippen LogP contribution in [0.3, 0.4) is 0 Å². The zero-order chi connectivity index (χ0) is 14.3. The molecule has 4 nitrogen and oxygen atoms in total. The van der Waals surface area contributed by atoms with Crippen molar-refractivity contribution in [2.24, 2.45) is 0 Å². The van der Waals surface area contributed by atoms with Gasteiger partial charge in [0.1, 0.15) is 5.75 Å². The Balaban J connectivity index is 2.49. The van der Waals surface area contributed by atoms with Crippen molar-refractivity contribution in [2.45, 2.75) is 18.2 Å². The molecule has 1 rings (SSSR count). The molecule has 0 aromatic heterocycles. The highest BCUT2D eigenvalue weighted by Gasteiger charge is 2.09. The van der Waals surface area contributed by atoms with E-state index in [4.69, 9.17) is 9.47 Å². The number of rotatable bonds is 7. The van der Waals surface area contributed by atoms with E-state index in [1.807, 2.05) is 13.0 Å². The molecule has 1 amide bonds. The third-order valence-electron chi connectivity index (χ3n) is 2.76. The fourth-order valence-electron chi connectivity index (χ4n) is 1.67. The number of methoxy groups -OCH3 is 2. The molecule has 1 N–H and O–H groups in total. The number of aryl methyl sites for hydroxylation is 1. The predicted molar refractivity (Wildman–Crippen MR) is 79.3 cm³/mol. The number of nitrogens with one attached hydrogen (secondary N) is 1. The molecule has 0 aliphatic rings. The van der Waals surface area contributed by atoms with Crippen LogP contribution in [0.4, 0.5) is 0 Å². The third-order valence-corrected chi connectivity index (χ3v) is 3.48. The van der Waals surface area contributed by atoms with E-state index >= 15 is 0 Å². The van der Waals surface area contributed by atoms with Gasteiger partial charge in [-0.25, -0.2) is 0 Å². The van der Waals surface area contributed by atoms with Crippen molar-refractivity contribution in [1.82, 2.24) is 5.32 Å². The number of carbonyl (C=O) groups excluding carboxylic acids is 1. The maximum Gasteiger partial charge on any atom is 0.251 e. The molecule has 1 atom stereocenters. The molecular formula is C14H20BrNO3. The van der Waals surface area contributed by atoms with Gasteiger partial charge in [0.2, 0.25) is 0 Å². The van der Waals surface area contributed by atoms with Gasteiger partial charge in [-0.1, -0.05) is 22.0 Å². The normalized spacial score (nSPS) is 12.0. The van der Waals surface area contributed by atoms with E-state index in [0.29, 0.717) is 18.7 Å². The van der Waals surface area contributed by atoms with Crippen molar-refractivity contribution in [2.75, 3.05) is 27.4 Å². The molecular weight excluding hydrogens is 310 g/mol. The minimum atomic E-state index is -0.0876. The SMILES string of the molecule is COCC(Br)CCNC(=O)c1ccc(C)c(OC)c1. The first kappa shape index (κ1) is 16.0. The Bertz CT molecular complexity index is 423. The fraction of sp³-hybridized carbons (Fsp3) is 0.500. The average molecular weight is 330 g/mol. The maximum absolute atomic E-state index is 12.0. The van der Waals surface area contributed by atoms with Crippen LogP contribution in [-0.4, -0.2) is 38.1 Å². The third kappa shape index (κ3) is 5.20. The molecule has 0 radical (unpaired) electrons. The Morgan fingerprint density at radius 2 is 2.16 bits per heavy atom. The zero-order valence-electron chi connectivity index (χ0n) is 11.5. The Labute approximate surface area is 122 Å². The molecule has 0 aliphatic heterocycles. The molecule has 1 aromatic rings. The molecule has 0 heterocycles. The second-order valence-electron chi connectivity index (χ2n) is 4.28. The van der Waals surface area contributed by atoms with Crippen LogP contribution in [0.25, 0.3) is 0 Å². The number of amides is 1. The second kappa shape index (κ2) is 8.17. The molecule has 0 saturated carbocycles. The quantitative estimate of drug-likeness (QED) is 0.782. The molecule has 1 aromatic carbocycles. The van der Waals surface area contributed by atoms with Crippen LogP contribution >= 0.6 is 15.9 Å². The van der Waals surface area contributed by atoms with Crippen molar-refractivity contribution in [3.05, 3.63) is 29.3 Å². The number of alkyl halides is 1. The summed E-state index contributed by atoms with van der Waals surface area (Å²) in [7, 11) is 3.26. The Kier molecular flexibility index (Phi) is 6.87. The Morgan fingerprint density at radius 1 is 1.42 bits per heavy atom. The van der Waals surface area contributed by atoms with Gasteiger partial charge in [-0.15, -0.1) is 0 Å². The Morgan fingerprint density at radius 3 is 2.79 bits per heavy atom. The van der Waals surface area contributed by atoms with Gasteiger partial charge in [-0.05, 0) is 31.0 Å². The second-order valence-corrected chi connectivity index (χ2v) is 5.58. The molecule has 1 unspecified atom stereocenters. The van der Waals surface area contributed by atoms with Gasteiger partial charge in [0.05, 0.1) is 13.7 Å². The zero-order valence-corrected chi connectivity index (χ0v) is 13.1. The maximum atomic E-state index is 12.0. The summed E-state index contributed by atoms with van der Waals surface area (Å²) in [6.07, 6.45) is 0.822. The van der Waals surface area contributed by atoms with E-state index in [-0.39, 0.29) is 10.7 Å². The minimum Gasteiger partial charge on any atom is -0.496 e. The van der Waals surface area contributed by atoms with Crippen molar-refractivity contribution in [3.63, 3.8) is 0 Å². The monoisotopic (exact) mass is 329 g/mol. The van der Waals surface area contributed by atoms with Crippen molar-refractivity contribution in [3.8, 4) is 5.75 Å². The van der Waals surface area contributed by atoms with Crippen LogP contribution < -0.4 is 10.1 Å². The summed E-state index contributed by atoms with van der Waals surface area (Å²) in [4.78, 5) is 12.2. The molecule has 0 saturated heterocycles. The summed E-state index contributed by atoms with van der Waals surface area (Å²) in [5.41, 5.74) is 1.62. The molecule has 0 spiro atoms. The highest BCUT2D eigenvalue weighted by Crippen LogP contribution is 2.18. The largest absolute Gasteiger partial charge is 0.496 e. The minimum absolute atomic E-state index is 0.0876. The van der Waals surface area contributed by atoms with E-state index in [1.165, 1.54) is 0 Å². The van der Waals surface area contributed by atoms with Gasteiger partial charge in [0.15, 0.2) is 0 Å². The van der Waals surface area contributed by atoms with Gasteiger partial charge in [-0.3, -0.25) is 4.79 Å². The van der Waals surface area contributed by atoms with Crippen LogP contribution in [0, 0.1) is 6.92 Å². The first-order valence-corrected chi connectivity index (χ1v) is 7.06. The highest BCUT2D eigenvalue weighted by molar-refractivity contribution is 9.09. The fourth-order valence-corrected chi connectivity index (χ4v) is 2.16. The summed E-state index contributed by atoms with van der Waals surface area (Å²) in [5, 5.41) is 2.88. The summed E-state index contributed by atoms with van der Waals surface area (Å²) in [6.45, 7) is 3.18. The predicted octanol–water partition coefficient (Wildman–Crippen LogP) is 2.53. The van der Waals surface area contributed by atoms with Gasteiger partial charge in [0.25, 0.3) is 5.91 Å². The lowest BCUT2D eigenvalue weighted by Gasteiger charge is -2.11. The highest BCUT2D eigenvalue weighted by atomic mass is 79.9. The van der Waals surface area contributed by atoms with Gasteiger partial charge in [0, 0.05) is 24.0 Å². The van der Waals surface area contributed by atoms with E-state index < -0.39 is 0 Å². The molecule has 0 fully saturated rings. The summed E-state index contributed by atoms with van der Waals surface area (Å²) in [6, 6.07) is 5.44. The summed E-state index contributed by atoms with van der Waals surface area (Å²) < 4.78 is 10.2. The lowest BCUT2D eigenvalue weighted by Crippen LogP contribution is -2.26. The van der Waals surface area contributed by atoms with E-state index in [0.717, 1.165) is 17.7 Å². The first-order valence-electron chi connectivity index (χ1n) is 6.14. The molecule has 0 aliphatic carbocycles. The van der Waals surface area contributed by atoms with Crippen molar-refractivity contribution in [1.29, 1.82) is 0 Å². The average Bonchev–Trinajstić information content (AvgIpc) is 2.39. The van der Waals surface area contributed by atoms with Crippen molar-refractivity contribution >= 4 is 21.8 Å². The topological polar surface area (TPSA) is 47.6 Å². The molecule has 19 heavy (non-hydrogen) atoms. The van der Waals surface area contributed by atoms with E-state index in [1.54, 1.807) is 26.4 Å². The number of ether oxygens (including phenoxy) is 2. The van der Waals surface area contributed by atoms with Gasteiger partial charge < -0.3 is 14.8 Å². The van der Waals surface area contributed by atoms with Crippen LogP contribution in [-0.2, 0) is 4.74 Å². The lowest BCUT2D eigenvalue weighted by atomic mass is 10.1. The summed E-state index contributed by atoms with van der Waals surface area (Å²) >= 11 is 3.48. The van der Waals surface area contributed by atoms with Gasteiger partial charge in [-0.2, -0.15) is 0 Å². The number of benzene rings is 1. The van der Waals surface area contributed by atoms with Crippen LogP contribution in [0.15, 0.2) is 18.2 Å². The molecule has 5 heteroatoms. The number of carbonyl (C=O) groups is 1. The number of halogens is 1. The smallest absolute Gasteiger partial charge is 0.251 e. The number of hydrogen-bond acceptors (Lipinski definition) is 3. The standard InChI is InChI=1S/C14H20BrNO3/c1-10-4-5-11(8-13(10)19-3)14(17)16-7-6-12(15)9-18-2/h4-5,8,12H,6-7,9H2,1-3H3,(H,16,17). The van der Waals surface area contributed by atoms with E-state index in [9.17, 15) is 4.79 Å². The first-order chi connectivity index (χ1) is 9.08. The molecule has 106 valence electrons. The lowest BCUT2D eigenvalue weighted by molar-refractivity contribution is 0.0951. The van der Waals surface area contributed by atoms with E-state index in [2.05, 4.69) is 21.2 Å². The molecule has 0 bridgehead atoms. The summed E-state index contributed by atoms with van der Waals surface area (Å²) in [5.74, 6) is 0.640. The van der Waals surface area contributed by atoms with Crippen molar-refractivity contribution < 1.29 is 14.3 Å². The Hall–Kier alpha value is -1.07. The van der Waals surface area contributed by atoms with Crippen LogP contribution in [0.5, 0.6) is 5.75 Å². The number of hydrogen-bond donors (Lipinski definition) is 1. The van der Waals surface area contributed by atoms with Crippen LogP contribution in [0.2, 0.25) is 0 Å².